The van der Waals surface area contributed by atoms with E-state index >= 15 is 0 Å². The van der Waals surface area contributed by atoms with Crippen molar-refractivity contribution in [2.45, 2.75) is 0 Å². The second-order valence-electron chi connectivity index (χ2n) is 4.04. The van der Waals surface area contributed by atoms with E-state index in [9.17, 15) is 10.1 Å². The fraction of sp³-hybridized carbons (Fsp3) is 0.0667. The van der Waals surface area contributed by atoms with E-state index in [4.69, 9.17) is 4.74 Å². The van der Waals surface area contributed by atoms with Crippen LogP contribution in [0.3, 0.4) is 0 Å². The number of methoxy groups -OCH3 is 1. The molecule has 0 radical (unpaired) electrons. The quantitative estimate of drug-likeness (QED) is 0.478. The first-order chi connectivity index (χ1) is 9.61. The van der Waals surface area contributed by atoms with Gasteiger partial charge < -0.3 is 4.74 Å². The van der Waals surface area contributed by atoms with Gasteiger partial charge in [0.25, 0.3) is 5.70 Å². The van der Waals surface area contributed by atoms with E-state index in [1.165, 1.54) is 13.2 Å². The Kier molecular flexibility index (Phi) is 4.53. The van der Waals surface area contributed by atoms with Crippen molar-refractivity contribution >= 4 is 27.7 Å². The maximum absolute atomic E-state index is 11.3. The Hall–Kier alpha value is -2.14. The molecule has 0 spiro atoms. The number of halogens is 1. The zero-order chi connectivity index (χ0) is 14.5. The summed E-state index contributed by atoms with van der Waals surface area (Å²) in [7, 11) is 1.54. The molecular weight excluding hydrogens is 322 g/mol. The van der Waals surface area contributed by atoms with Crippen LogP contribution in [0, 0.1) is 10.1 Å². The lowest BCUT2D eigenvalue weighted by atomic mass is 10.1. The summed E-state index contributed by atoms with van der Waals surface area (Å²) in [5, 5.41) is 11.3. The van der Waals surface area contributed by atoms with Crippen molar-refractivity contribution in [1.82, 2.24) is 0 Å². The van der Waals surface area contributed by atoms with Crippen molar-refractivity contribution in [2.75, 3.05) is 7.11 Å². The van der Waals surface area contributed by atoms with E-state index in [0.717, 1.165) is 4.47 Å². The maximum Gasteiger partial charge on any atom is 0.277 e. The number of rotatable bonds is 4. The van der Waals surface area contributed by atoms with Gasteiger partial charge in [-0.05, 0) is 30.3 Å². The van der Waals surface area contributed by atoms with Crippen molar-refractivity contribution in [3.8, 4) is 5.75 Å². The Balaban J connectivity index is 2.55. The van der Waals surface area contributed by atoms with Crippen LogP contribution < -0.4 is 4.74 Å². The number of nitrogens with zero attached hydrogens (tertiary/aromatic N) is 1. The second kappa shape index (κ2) is 6.34. The van der Waals surface area contributed by atoms with Gasteiger partial charge in [0.2, 0.25) is 0 Å². The zero-order valence-corrected chi connectivity index (χ0v) is 12.3. The van der Waals surface area contributed by atoms with Gasteiger partial charge in [-0.15, -0.1) is 0 Å². The summed E-state index contributed by atoms with van der Waals surface area (Å²) >= 11 is 3.35. The third-order valence-electron chi connectivity index (χ3n) is 2.75. The molecule has 2 rings (SSSR count). The van der Waals surface area contributed by atoms with E-state index in [2.05, 4.69) is 15.9 Å². The summed E-state index contributed by atoms with van der Waals surface area (Å²) in [6.45, 7) is 0. The highest BCUT2D eigenvalue weighted by Crippen LogP contribution is 2.27. The molecule has 20 heavy (non-hydrogen) atoms. The van der Waals surface area contributed by atoms with Crippen LogP contribution >= 0.6 is 15.9 Å². The van der Waals surface area contributed by atoms with E-state index in [1.54, 1.807) is 36.4 Å². The highest BCUT2D eigenvalue weighted by atomic mass is 79.9. The average Bonchev–Trinajstić information content (AvgIpc) is 2.45. The summed E-state index contributed by atoms with van der Waals surface area (Å²) in [5.41, 5.74) is 1.24. The fourth-order valence-electron chi connectivity index (χ4n) is 1.82. The Morgan fingerprint density at radius 3 is 2.55 bits per heavy atom. The van der Waals surface area contributed by atoms with Crippen molar-refractivity contribution in [3.63, 3.8) is 0 Å². The summed E-state index contributed by atoms with van der Waals surface area (Å²) in [6.07, 6.45) is 1.51. The minimum atomic E-state index is -0.393. The van der Waals surface area contributed by atoms with Crippen LogP contribution in [0.25, 0.3) is 11.8 Å². The lowest BCUT2D eigenvalue weighted by Crippen LogP contribution is -1.98. The highest BCUT2D eigenvalue weighted by molar-refractivity contribution is 9.10. The molecule has 0 heterocycles. The summed E-state index contributed by atoms with van der Waals surface area (Å²) in [6, 6.07) is 14.1. The lowest BCUT2D eigenvalue weighted by Gasteiger charge is -2.06. The number of nitro groups is 1. The third-order valence-corrected chi connectivity index (χ3v) is 3.24. The van der Waals surface area contributed by atoms with Gasteiger partial charge in [-0.2, -0.15) is 0 Å². The Morgan fingerprint density at radius 2 is 1.95 bits per heavy atom. The maximum atomic E-state index is 11.3. The molecule has 102 valence electrons. The van der Waals surface area contributed by atoms with Crippen LogP contribution in [-0.2, 0) is 0 Å². The molecule has 0 saturated heterocycles. The Bertz CT molecular complexity index is 653. The molecule has 0 aliphatic heterocycles. The lowest BCUT2D eigenvalue weighted by molar-refractivity contribution is -0.374. The molecule has 2 aromatic rings. The van der Waals surface area contributed by atoms with E-state index in [1.807, 2.05) is 12.1 Å². The number of ether oxygens (including phenoxy) is 1. The van der Waals surface area contributed by atoms with Gasteiger partial charge in [-0.1, -0.05) is 34.1 Å². The third kappa shape index (κ3) is 3.24. The van der Waals surface area contributed by atoms with Gasteiger partial charge >= 0.3 is 0 Å². The zero-order valence-electron chi connectivity index (χ0n) is 10.7. The number of hydrogen-bond acceptors (Lipinski definition) is 3. The summed E-state index contributed by atoms with van der Waals surface area (Å²) in [5.74, 6) is 0.587. The van der Waals surface area contributed by atoms with E-state index < -0.39 is 4.92 Å². The van der Waals surface area contributed by atoms with Crippen LogP contribution in [0.5, 0.6) is 5.75 Å². The predicted octanol–water partition coefficient (Wildman–Crippen LogP) is 4.23. The molecule has 0 N–H and O–H groups in total. The number of benzene rings is 2. The molecular formula is C15H12BrNO3. The van der Waals surface area contributed by atoms with Gasteiger partial charge in [0.15, 0.2) is 0 Å². The van der Waals surface area contributed by atoms with Crippen LogP contribution in [0.2, 0.25) is 0 Å². The highest BCUT2D eigenvalue weighted by Gasteiger charge is 2.15. The molecule has 0 fully saturated rings. The van der Waals surface area contributed by atoms with Crippen LogP contribution in [-0.4, -0.2) is 12.0 Å². The van der Waals surface area contributed by atoms with Crippen molar-refractivity contribution in [2.24, 2.45) is 0 Å². The van der Waals surface area contributed by atoms with Crippen LogP contribution in [0.4, 0.5) is 0 Å². The Labute approximate surface area is 125 Å². The molecule has 0 aromatic heterocycles. The number of hydrogen-bond donors (Lipinski definition) is 0. The SMILES string of the molecule is COc1ccc(Br)cc1C=C(c1ccccc1)[N+](=O)[O-]. The van der Waals surface area contributed by atoms with Gasteiger partial charge in [0, 0.05) is 16.1 Å². The molecule has 5 heteroatoms. The monoisotopic (exact) mass is 333 g/mol. The molecule has 0 saturated carbocycles. The molecule has 0 amide bonds. The molecule has 2 aromatic carbocycles. The van der Waals surface area contributed by atoms with Crippen molar-refractivity contribution in [1.29, 1.82) is 0 Å². The first-order valence-corrected chi connectivity index (χ1v) is 6.66. The van der Waals surface area contributed by atoms with Crippen molar-refractivity contribution < 1.29 is 9.66 Å². The molecule has 0 unspecified atom stereocenters. The molecule has 4 nitrogen and oxygen atoms in total. The minimum Gasteiger partial charge on any atom is -0.496 e. The standard InChI is InChI=1S/C15H12BrNO3/c1-20-15-8-7-13(16)9-12(15)10-14(17(18)19)11-5-3-2-4-6-11/h2-10H,1H3. The molecule has 0 atom stereocenters. The minimum absolute atomic E-state index is 0.0296. The molecule has 0 aliphatic carbocycles. The fourth-order valence-corrected chi connectivity index (χ4v) is 2.19. The van der Waals surface area contributed by atoms with Gasteiger partial charge in [0.1, 0.15) is 5.75 Å². The predicted molar refractivity (Wildman–Crippen MR) is 82.0 cm³/mol. The van der Waals surface area contributed by atoms with Gasteiger partial charge in [-0.25, -0.2) is 0 Å². The summed E-state index contributed by atoms with van der Waals surface area (Å²) < 4.78 is 6.06. The van der Waals surface area contributed by atoms with Crippen molar-refractivity contribution in [3.05, 3.63) is 74.2 Å². The van der Waals surface area contributed by atoms with Gasteiger partial charge in [-0.3, -0.25) is 10.1 Å². The Morgan fingerprint density at radius 1 is 1.25 bits per heavy atom. The molecule has 0 aliphatic rings. The topological polar surface area (TPSA) is 52.4 Å². The second-order valence-corrected chi connectivity index (χ2v) is 4.95. The first-order valence-electron chi connectivity index (χ1n) is 5.87. The largest absolute Gasteiger partial charge is 0.496 e. The smallest absolute Gasteiger partial charge is 0.277 e. The summed E-state index contributed by atoms with van der Waals surface area (Å²) in [4.78, 5) is 10.9. The average molecular weight is 334 g/mol. The van der Waals surface area contributed by atoms with Gasteiger partial charge in [0.05, 0.1) is 17.6 Å². The first kappa shape index (κ1) is 14.3. The van der Waals surface area contributed by atoms with Crippen LogP contribution in [0.1, 0.15) is 11.1 Å². The molecule has 0 bridgehead atoms. The van der Waals surface area contributed by atoms with E-state index in [-0.39, 0.29) is 5.70 Å². The van der Waals surface area contributed by atoms with Crippen LogP contribution in [0.15, 0.2) is 53.0 Å². The normalized spacial score (nSPS) is 11.2. The van der Waals surface area contributed by atoms with E-state index in [0.29, 0.717) is 16.9 Å².